The third-order valence-electron chi connectivity index (χ3n) is 5.33. The van der Waals surface area contributed by atoms with Gasteiger partial charge < -0.3 is 14.8 Å². The van der Waals surface area contributed by atoms with Crippen molar-refractivity contribution in [3.05, 3.63) is 59.2 Å². The van der Waals surface area contributed by atoms with E-state index in [1.807, 2.05) is 30.7 Å². The lowest BCUT2D eigenvalue weighted by molar-refractivity contribution is 0.0801. The molecular weight excluding hydrogens is 385 g/mol. The minimum atomic E-state index is -0.334. The van der Waals surface area contributed by atoms with Gasteiger partial charge in [-0.2, -0.15) is 5.10 Å². The summed E-state index contributed by atoms with van der Waals surface area (Å²) >= 11 is 0. The van der Waals surface area contributed by atoms with Crippen LogP contribution in [0.15, 0.2) is 41.5 Å². The van der Waals surface area contributed by atoms with Gasteiger partial charge in [-0.25, -0.2) is 9.38 Å². The van der Waals surface area contributed by atoms with Gasteiger partial charge >= 0.3 is 0 Å². The number of aromatic nitrogens is 4. The topological polar surface area (TPSA) is 88.3 Å². The maximum absolute atomic E-state index is 14.5. The molecule has 0 fully saturated rings. The number of halogens is 1. The van der Waals surface area contributed by atoms with E-state index in [9.17, 15) is 9.50 Å². The molecule has 0 aliphatic carbocycles. The molecule has 1 aromatic carbocycles. The second kappa shape index (κ2) is 7.07. The van der Waals surface area contributed by atoms with E-state index in [2.05, 4.69) is 20.1 Å². The van der Waals surface area contributed by atoms with Crippen molar-refractivity contribution in [3.63, 3.8) is 0 Å². The number of aryl methyl sites for hydroxylation is 1. The number of benzene rings is 1. The standard InChI is InChI=1S/C22H20FN5O2/c1-12-4-3-5-16(23)20(12)17-9-15-18(10-24-17)26-22(29)21(15)13(2)25-19-8-14-11-30-7-6-28(14)27-19/h3-5,8-10,26,29H,6-7,11H2,1-2H3. The van der Waals surface area contributed by atoms with Crippen molar-refractivity contribution in [2.24, 2.45) is 4.99 Å². The maximum atomic E-state index is 14.5. The zero-order chi connectivity index (χ0) is 20.8. The zero-order valence-electron chi connectivity index (χ0n) is 16.6. The van der Waals surface area contributed by atoms with E-state index in [0.29, 0.717) is 59.0 Å². The Balaban J connectivity index is 1.62. The second-order valence-electron chi connectivity index (χ2n) is 7.36. The molecular formula is C22H20FN5O2. The molecule has 3 aromatic heterocycles. The molecule has 0 amide bonds. The van der Waals surface area contributed by atoms with Crippen LogP contribution >= 0.6 is 0 Å². The number of nitrogens with one attached hydrogen (secondary N) is 1. The van der Waals surface area contributed by atoms with Crippen molar-refractivity contribution in [2.75, 3.05) is 6.61 Å². The first-order valence-corrected chi connectivity index (χ1v) is 9.67. The number of fused-ring (bicyclic) bond motifs is 2. The number of rotatable bonds is 3. The van der Waals surface area contributed by atoms with Crippen LogP contribution in [-0.2, 0) is 17.9 Å². The van der Waals surface area contributed by atoms with E-state index in [4.69, 9.17) is 4.74 Å². The fourth-order valence-corrected chi connectivity index (χ4v) is 3.90. The van der Waals surface area contributed by atoms with E-state index >= 15 is 0 Å². The Kier molecular flexibility index (Phi) is 4.36. The van der Waals surface area contributed by atoms with Gasteiger partial charge in [-0.3, -0.25) is 9.67 Å². The van der Waals surface area contributed by atoms with Gasteiger partial charge in [-0.05, 0) is 31.5 Å². The van der Waals surface area contributed by atoms with Crippen LogP contribution in [0, 0.1) is 12.7 Å². The molecule has 5 rings (SSSR count). The SMILES string of the molecule is CC(=Nc1cc2n(n1)CCOC2)c1c(O)[nH]c2cnc(-c3c(C)cccc3F)cc12. The molecule has 7 nitrogen and oxygen atoms in total. The van der Waals surface area contributed by atoms with Gasteiger partial charge in [-0.15, -0.1) is 0 Å². The summed E-state index contributed by atoms with van der Waals surface area (Å²) in [5.74, 6) is 0.211. The summed E-state index contributed by atoms with van der Waals surface area (Å²) in [6.45, 7) is 5.49. The summed E-state index contributed by atoms with van der Waals surface area (Å²) in [6.07, 6.45) is 1.60. The lowest BCUT2D eigenvalue weighted by atomic mass is 10.0. The van der Waals surface area contributed by atoms with Crippen LogP contribution in [0.25, 0.3) is 22.2 Å². The Labute approximate surface area is 171 Å². The smallest absolute Gasteiger partial charge is 0.198 e. The average Bonchev–Trinajstić information content (AvgIpc) is 3.26. The number of aromatic amines is 1. The first-order chi connectivity index (χ1) is 14.5. The summed E-state index contributed by atoms with van der Waals surface area (Å²) in [6, 6.07) is 8.59. The predicted molar refractivity (Wildman–Crippen MR) is 112 cm³/mol. The van der Waals surface area contributed by atoms with Gasteiger partial charge in [0.25, 0.3) is 0 Å². The number of aliphatic imine (C=N–C) groups is 1. The first kappa shape index (κ1) is 18.5. The van der Waals surface area contributed by atoms with Crippen LogP contribution in [-0.4, -0.2) is 37.2 Å². The monoisotopic (exact) mass is 405 g/mol. The van der Waals surface area contributed by atoms with Crippen molar-refractivity contribution < 1.29 is 14.2 Å². The maximum Gasteiger partial charge on any atom is 0.198 e. The largest absolute Gasteiger partial charge is 0.494 e. The quantitative estimate of drug-likeness (QED) is 0.499. The second-order valence-corrected chi connectivity index (χ2v) is 7.36. The van der Waals surface area contributed by atoms with E-state index < -0.39 is 0 Å². The zero-order valence-corrected chi connectivity index (χ0v) is 16.6. The van der Waals surface area contributed by atoms with Crippen LogP contribution < -0.4 is 0 Å². The minimum Gasteiger partial charge on any atom is -0.494 e. The van der Waals surface area contributed by atoms with Gasteiger partial charge in [0.2, 0.25) is 0 Å². The molecule has 0 bridgehead atoms. The van der Waals surface area contributed by atoms with Gasteiger partial charge in [0, 0.05) is 17.0 Å². The van der Waals surface area contributed by atoms with Crippen LogP contribution in [0.4, 0.5) is 10.2 Å². The van der Waals surface area contributed by atoms with Crippen molar-refractivity contribution in [1.29, 1.82) is 0 Å². The van der Waals surface area contributed by atoms with Gasteiger partial charge in [0.1, 0.15) is 5.82 Å². The number of ether oxygens (including phenoxy) is 1. The lowest BCUT2D eigenvalue weighted by Crippen LogP contribution is -2.16. The molecule has 4 aromatic rings. The van der Waals surface area contributed by atoms with Crippen molar-refractivity contribution in [3.8, 4) is 17.1 Å². The fourth-order valence-electron chi connectivity index (χ4n) is 3.90. The predicted octanol–water partition coefficient (Wildman–Crippen LogP) is 4.25. The Morgan fingerprint density at radius 2 is 2.20 bits per heavy atom. The summed E-state index contributed by atoms with van der Waals surface area (Å²) < 4.78 is 21.8. The highest BCUT2D eigenvalue weighted by Crippen LogP contribution is 2.33. The van der Waals surface area contributed by atoms with E-state index in [1.54, 1.807) is 18.3 Å². The molecule has 1 aliphatic heterocycles. The number of nitrogens with zero attached hydrogens (tertiary/aromatic N) is 4. The Bertz CT molecular complexity index is 1260. The van der Waals surface area contributed by atoms with E-state index in [1.165, 1.54) is 6.07 Å². The summed E-state index contributed by atoms with van der Waals surface area (Å²) in [7, 11) is 0. The summed E-state index contributed by atoms with van der Waals surface area (Å²) in [4.78, 5) is 11.9. The number of pyridine rings is 1. The van der Waals surface area contributed by atoms with Gasteiger partial charge in [0.05, 0.1) is 54.1 Å². The molecule has 0 radical (unpaired) electrons. The number of hydrogen-bond acceptors (Lipinski definition) is 5. The summed E-state index contributed by atoms with van der Waals surface area (Å²) in [5.41, 5.74) is 4.50. The number of H-pyrrole nitrogens is 1. The molecule has 0 spiro atoms. The lowest BCUT2D eigenvalue weighted by Gasteiger charge is -2.12. The van der Waals surface area contributed by atoms with Crippen LogP contribution in [0.2, 0.25) is 0 Å². The average molecular weight is 405 g/mol. The Hall–Kier alpha value is -3.52. The highest BCUT2D eigenvalue weighted by molar-refractivity contribution is 6.13. The summed E-state index contributed by atoms with van der Waals surface area (Å²) in [5, 5.41) is 15.7. The highest BCUT2D eigenvalue weighted by Gasteiger charge is 2.18. The number of hydrogen-bond donors (Lipinski definition) is 2. The molecule has 1 aliphatic rings. The minimum absolute atomic E-state index is 0.0113. The van der Waals surface area contributed by atoms with Gasteiger partial charge in [-0.1, -0.05) is 12.1 Å². The molecule has 2 N–H and O–H groups in total. The Morgan fingerprint density at radius 3 is 3.00 bits per heavy atom. The van der Waals surface area contributed by atoms with Gasteiger partial charge in [0.15, 0.2) is 11.7 Å². The van der Waals surface area contributed by atoms with Crippen molar-refractivity contribution in [1.82, 2.24) is 19.7 Å². The molecule has 8 heteroatoms. The third kappa shape index (κ3) is 3.05. The van der Waals surface area contributed by atoms with Crippen LogP contribution in [0.3, 0.4) is 0 Å². The Morgan fingerprint density at radius 1 is 1.33 bits per heavy atom. The molecule has 30 heavy (non-hydrogen) atoms. The molecule has 0 saturated carbocycles. The van der Waals surface area contributed by atoms with E-state index in [-0.39, 0.29) is 11.7 Å². The number of aromatic hydroxyl groups is 1. The normalized spacial score (nSPS) is 14.3. The molecule has 4 heterocycles. The van der Waals surface area contributed by atoms with Crippen LogP contribution in [0.5, 0.6) is 5.88 Å². The molecule has 0 saturated heterocycles. The highest BCUT2D eigenvalue weighted by atomic mass is 19.1. The first-order valence-electron chi connectivity index (χ1n) is 9.67. The molecule has 152 valence electrons. The van der Waals surface area contributed by atoms with Crippen molar-refractivity contribution in [2.45, 2.75) is 27.0 Å². The molecule has 0 unspecified atom stereocenters. The van der Waals surface area contributed by atoms with Crippen molar-refractivity contribution >= 4 is 22.4 Å². The third-order valence-corrected chi connectivity index (χ3v) is 5.33. The van der Waals surface area contributed by atoms with Crippen LogP contribution in [0.1, 0.15) is 23.7 Å². The van der Waals surface area contributed by atoms with E-state index in [0.717, 1.165) is 11.3 Å². The molecule has 0 atom stereocenters. The fraction of sp³-hybridized carbons (Fsp3) is 0.227.